The van der Waals surface area contributed by atoms with Crippen LogP contribution in [0.4, 0.5) is 4.39 Å². The molecule has 6 nitrogen and oxygen atoms in total. The van der Waals surface area contributed by atoms with E-state index in [2.05, 4.69) is 39.5 Å². The Labute approximate surface area is 170 Å². The molecule has 3 aromatic rings. The Balaban J connectivity index is 1.67. The molecule has 0 N–H and O–H groups in total. The Hall–Kier alpha value is -2.80. The molecule has 1 aliphatic rings. The molecule has 1 atom stereocenters. The first-order valence-electron chi connectivity index (χ1n) is 10.0. The summed E-state index contributed by atoms with van der Waals surface area (Å²) in [5, 5.41) is 12.6. The number of tetrazole rings is 1. The number of nitrogens with zero attached hydrogens (tertiary/aromatic N) is 5. The van der Waals surface area contributed by atoms with Gasteiger partial charge in [-0.3, -0.25) is 4.90 Å². The van der Waals surface area contributed by atoms with Crippen molar-refractivity contribution in [3.05, 3.63) is 71.3 Å². The Morgan fingerprint density at radius 2 is 1.76 bits per heavy atom. The van der Waals surface area contributed by atoms with Crippen molar-refractivity contribution in [2.45, 2.75) is 32.4 Å². The molecule has 1 saturated heterocycles. The molecule has 1 fully saturated rings. The van der Waals surface area contributed by atoms with Gasteiger partial charge in [0, 0.05) is 0 Å². The van der Waals surface area contributed by atoms with E-state index in [1.165, 1.54) is 12.1 Å². The standard InChI is InChI=1S/C22H26FN5O/c1-16-11-13-27(14-12-16)21(18-5-9-20(29-2)10-6-18)22-24-25-26-28(22)15-17-3-7-19(23)8-4-17/h3-10,16,21H,11-15H2,1-2H3. The largest absolute Gasteiger partial charge is 0.497 e. The number of likely N-dealkylation sites (tertiary alicyclic amines) is 1. The van der Waals surface area contributed by atoms with Crippen LogP contribution in [0.5, 0.6) is 5.75 Å². The second-order valence-electron chi connectivity index (χ2n) is 7.72. The molecule has 1 aliphatic heterocycles. The summed E-state index contributed by atoms with van der Waals surface area (Å²) in [7, 11) is 1.67. The number of hydrogen-bond acceptors (Lipinski definition) is 5. The van der Waals surface area contributed by atoms with Crippen LogP contribution in [0.1, 0.15) is 42.8 Å². The third kappa shape index (κ3) is 4.45. The van der Waals surface area contributed by atoms with Crippen molar-refractivity contribution in [1.29, 1.82) is 0 Å². The van der Waals surface area contributed by atoms with Crippen molar-refractivity contribution in [2.24, 2.45) is 5.92 Å². The first-order chi connectivity index (χ1) is 14.1. The number of aromatic nitrogens is 4. The summed E-state index contributed by atoms with van der Waals surface area (Å²) in [6.07, 6.45) is 2.32. The summed E-state index contributed by atoms with van der Waals surface area (Å²) >= 11 is 0. The van der Waals surface area contributed by atoms with Gasteiger partial charge in [-0.2, -0.15) is 0 Å². The molecule has 0 radical (unpaired) electrons. The molecule has 2 aromatic carbocycles. The van der Waals surface area contributed by atoms with E-state index in [0.29, 0.717) is 6.54 Å². The van der Waals surface area contributed by atoms with Gasteiger partial charge in [-0.15, -0.1) is 5.10 Å². The lowest BCUT2D eigenvalue weighted by molar-refractivity contribution is 0.150. The van der Waals surface area contributed by atoms with E-state index in [0.717, 1.165) is 54.5 Å². The predicted octanol–water partition coefficient (Wildman–Crippen LogP) is 3.69. The summed E-state index contributed by atoms with van der Waals surface area (Å²) in [6, 6.07) is 14.5. The first kappa shape index (κ1) is 19.5. The highest BCUT2D eigenvalue weighted by Crippen LogP contribution is 2.32. The summed E-state index contributed by atoms with van der Waals surface area (Å²) < 4.78 is 20.4. The van der Waals surface area contributed by atoms with Gasteiger partial charge in [0.25, 0.3) is 0 Å². The lowest BCUT2D eigenvalue weighted by Crippen LogP contribution is -2.38. The summed E-state index contributed by atoms with van der Waals surface area (Å²) in [4.78, 5) is 2.45. The van der Waals surface area contributed by atoms with Gasteiger partial charge in [0.2, 0.25) is 0 Å². The molecular weight excluding hydrogens is 369 g/mol. The van der Waals surface area contributed by atoms with E-state index in [1.807, 2.05) is 16.8 Å². The summed E-state index contributed by atoms with van der Waals surface area (Å²) in [6.45, 7) is 4.81. The second-order valence-corrected chi connectivity index (χ2v) is 7.72. The van der Waals surface area contributed by atoms with Gasteiger partial charge < -0.3 is 4.74 Å². The topological polar surface area (TPSA) is 56.1 Å². The lowest BCUT2D eigenvalue weighted by Gasteiger charge is -2.36. The van der Waals surface area contributed by atoms with Crippen molar-refractivity contribution in [2.75, 3.05) is 20.2 Å². The van der Waals surface area contributed by atoms with E-state index >= 15 is 0 Å². The number of hydrogen-bond donors (Lipinski definition) is 0. The smallest absolute Gasteiger partial charge is 0.173 e. The molecule has 29 heavy (non-hydrogen) atoms. The molecule has 4 rings (SSSR count). The van der Waals surface area contributed by atoms with Gasteiger partial charge in [0.15, 0.2) is 5.82 Å². The number of methoxy groups -OCH3 is 1. The average Bonchev–Trinajstić information content (AvgIpc) is 3.19. The summed E-state index contributed by atoms with van der Waals surface area (Å²) in [5.74, 6) is 2.11. The van der Waals surface area contributed by atoms with Crippen LogP contribution in [-0.4, -0.2) is 45.3 Å². The highest BCUT2D eigenvalue weighted by molar-refractivity contribution is 5.32. The van der Waals surface area contributed by atoms with Crippen molar-refractivity contribution in [3.63, 3.8) is 0 Å². The van der Waals surface area contributed by atoms with E-state index in [9.17, 15) is 4.39 Å². The van der Waals surface area contributed by atoms with Crippen molar-refractivity contribution < 1.29 is 9.13 Å². The van der Waals surface area contributed by atoms with Crippen LogP contribution < -0.4 is 4.74 Å². The molecule has 0 spiro atoms. The lowest BCUT2D eigenvalue weighted by atomic mass is 9.95. The Morgan fingerprint density at radius 3 is 2.41 bits per heavy atom. The molecule has 0 amide bonds. The molecule has 0 aliphatic carbocycles. The van der Waals surface area contributed by atoms with Crippen molar-refractivity contribution in [3.8, 4) is 5.75 Å². The van der Waals surface area contributed by atoms with Gasteiger partial charge in [-0.05, 0) is 77.7 Å². The predicted molar refractivity (Wildman–Crippen MR) is 108 cm³/mol. The van der Waals surface area contributed by atoms with Crippen LogP contribution in [0, 0.1) is 11.7 Å². The number of benzene rings is 2. The third-order valence-electron chi connectivity index (χ3n) is 5.66. The van der Waals surface area contributed by atoms with Gasteiger partial charge >= 0.3 is 0 Å². The molecular formula is C22H26FN5O. The molecule has 0 saturated carbocycles. The number of piperidine rings is 1. The van der Waals surface area contributed by atoms with E-state index in [4.69, 9.17) is 4.74 Å². The average molecular weight is 395 g/mol. The maximum Gasteiger partial charge on any atom is 0.173 e. The molecule has 2 heterocycles. The Bertz CT molecular complexity index is 917. The SMILES string of the molecule is COc1ccc(C(c2nnnn2Cc2ccc(F)cc2)N2CCC(C)CC2)cc1. The Morgan fingerprint density at radius 1 is 1.07 bits per heavy atom. The minimum Gasteiger partial charge on any atom is -0.497 e. The molecule has 0 bridgehead atoms. The molecule has 152 valence electrons. The minimum absolute atomic E-state index is 0.0381. The summed E-state index contributed by atoms with van der Waals surface area (Å²) in [5.41, 5.74) is 2.09. The Kier molecular flexibility index (Phi) is 5.85. The number of ether oxygens (including phenoxy) is 1. The normalized spacial score (nSPS) is 16.7. The molecule has 1 unspecified atom stereocenters. The molecule has 7 heteroatoms. The minimum atomic E-state index is -0.246. The highest BCUT2D eigenvalue weighted by Gasteiger charge is 2.30. The maximum atomic E-state index is 13.3. The number of rotatable bonds is 6. The second kappa shape index (κ2) is 8.69. The number of halogens is 1. The molecule has 1 aromatic heterocycles. The van der Waals surface area contributed by atoms with Gasteiger partial charge in [0.05, 0.1) is 19.7 Å². The fourth-order valence-electron chi connectivity index (χ4n) is 3.88. The highest BCUT2D eigenvalue weighted by atomic mass is 19.1. The van der Waals surface area contributed by atoms with Gasteiger partial charge in [-0.1, -0.05) is 31.2 Å². The van der Waals surface area contributed by atoms with Crippen LogP contribution in [0.2, 0.25) is 0 Å². The van der Waals surface area contributed by atoms with Crippen LogP contribution in [0.3, 0.4) is 0 Å². The van der Waals surface area contributed by atoms with E-state index in [1.54, 1.807) is 19.2 Å². The van der Waals surface area contributed by atoms with Crippen molar-refractivity contribution in [1.82, 2.24) is 25.1 Å². The zero-order valence-electron chi connectivity index (χ0n) is 16.8. The van der Waals surface area contributed by atoms with Gasteiger partial charge in [0.1, 0.15) is 11.6 Å². The van der Waals surface area contributed by atoms with Crippen LogP contribution >= 0.6 is 0 Å². The zero-order chi connectivity index (χ0) is 20.2. The maximum absolute atomic E-state index is 13.3. The van der Waals surface area contributed by atoms with E-state index in [-0.39, 0.29) is 11.9 Å². The van der Waals surface area contributed by atoms with E-state index < -0.39 is 0 Å². The fourth-order valence-corrected chi connectivity index (χ4v) is 3.88. The van der Waals surface area contributed by atoms with Gasteiger partial charge in [-0.25, -0.2) is 9.07 Å². The zero-order valence-corrected chi connectivity index (χ0v) is 16.8. The van der Waals surface area contributed by atoms with Crippen LogP contribution in [-0.2, 0) is 6.54 Å². The first-order valence-corrected chi connectivity index (χ1v) is 10.0. The van der Waals surface area contributed by atoms with Crippen LogP contribution in [0.25, 0.3) is 0 Å². The monoisotopic (exact) mass is 395 g/mol. The fraction of sp³-hybridized carbons (Fsp3) is 0.409. The van der Waals surface area contributed by atoms with Crippen molar-refractivity contribution >= 4 is 0 Å². The van der Waals surface area contributed by atoms with Crippen LogP contribution in [0.15, 0.2) is 48.5 Å². The quantitative estimate of drug-likeness (QED) is 0.637. The third-order valence-corrected chi connectivity index (χ3v) is 5.66.